The molecule has 0 spiro atoms. The number of carbonyl (C=O) groups excluding carboxylic acids is 1. The van der Waals surface area contributed by atoms with E-state index in [9.17, 15) is 19.8 Å². The second kappa shape index (κ2) is 17.4. The molecule has 0 unspecified atom stereocenters. The van der Waals surface area contributed by atoms with Crippen LogP contribution in [0.4, 0.5) is 5.82 Å². The minimum absolute atomic E-state index is 0.161. The van der Waals surface area contributed by atoms with Crippen LogP contribution in [-0.4, -0.2) is 44.5 Å². The third-order valence-corrected chi connectivity index (χ3v) is 6.89. The summed E-state index contributed by atoms with van der Waals surface area (Å²) in [5.74, 6) is 0.0247. The molecule has 1 aromatic rings. The Balaban J connectivity index is 1.52. The van der Waals surface area contributed by atoms with Gasteiger partial charge in [0, 0.05) is 18.2 Å². The molecule has 1 fully saturated rings. The number of aliphatic hydroxyl groups excluding tert-OH is 2. The molecule has 2 heterocycles. The van der Waals surface area contributed by atoms with Gasteiger partial charge in [0.15, 0.2) is 6.23 Å². The van der Waals surface area contributed by atoms with Crippen molar-refractivity contribution < 1.29 is 19.7 Å². The zero-order chi connectivity index (χ0) is 26.2. The first-order valence-corrected chi connectivity index (χ1v) is 14.0. The van der Waals surface area contributed by atoms with Crippen molar-refractivity contribution in [1.29, 1.82) is 0 Å². The first kappa shape index (κ1) is 30.2. The molecule has 0 saturated carbocycles. The van der Waals surface area contributed by atoms with Crippen molar-refractivity contribution in [2.24, 2.45) is 0 Å². The van der Waals surface area contributed by atoms with Crippen LogP contribution in [0.15, 0.2) is 29.2 Å². The highest BCUT2D eigenvalue weighted by atomic mass is 16.5. The van der Waals surface area contributed by atoms with E-state index in [1.165, 1.54) is 93.9 Å². The minimum Gasteiger partial charge on any atom is -0.394 e. The summed E-state index contributed by atoms with van der Waals surface area (Å²) in [5, 5.41) is 21.9. The average molecular weight is 506 g/mol. The van der Waals surface area contributed by atoms with Gasteiger partial charge in [0.1, 0.15) is 18.0 Å². The monoisotopic (exact) mass is 505 g/mol. The SMILES string of the molecule is C=C1[C@H](n2ccc(NC(=O)CCCCCCCCCCCCCCCCC)nc2=O)O[C@H](CO)[C@H]1O. The molecule has 0 aromatic carbocycles. The molecule has 8 heteroatoms. The van der Waals surface area contributed by atoms with Crippen molar-refractivity contribution in [3.8, 4) is 0 Å². The zero-order valence-electron chi connectivity index (χ0n) is 22.1. The third-order valence-electron chi connectivity index (χ3n) is 6.89. The molecule has 3 atom stereocenters. The largest absolute Gasteiger partial charge is 0.394 e. The Labute approximate surface area is 216 Å². The number of aliphatic hydroxyl groups is 2. The van der Waals surface area contributed by atoms with Gasteiger partial charge in [-0.2, -0.15) is 4.98 Å². The number of amides is 1. The summed E-state index contributed by atoms with van der Waals surface area (Å²) in [6.07, 6.45) is 18.2. The Morgan fingerprint density at radius 3 is 2.00 bits per heavy atom. The number of hydrogen-bond donors (Lipinski definition) is 3. The molecule has 204 valence electrons. The maximum absolute atomic E-state index is 12.4. The van der Waals surface area contributed by atoms with Crippen molar-refractivity contribution in [2.75, 3.05) is 11.9 Å². The predicted octanol–water partition coefficient (Wildman–Crippen LogP) is 5.25. The van der Waals surface area contributed by atoms with Gasteiger partial charge in [-0.05, 0) is 12.5 Å². The molecular weight excluding hydrogens is 458 g/mol. The number of aromatic nitrogens is 2. The van der Waals surface area contributed by atoms with Gasteiger partial charge < -0.3 is 20.3 Å². The standard InChI is InChI=1S/C28H47N3O5/c1-3-4-5-6-7-8-9-10-11-12-13-14-15-16-17-18-25(33)29-24-19-20-31(28(35)30-24)27-22(2)26(34)23(21-32)36-27/h19-20,23,26-27,32,34H,2-18,21H2,1H3,(H,29,30,33,35)/t23-,26+,27-/m1/s1. The molecule has 0 bridgehead atoms. The van der Waals surface area contributed by atoms with E-state index in [-0.39, 0.29) is 23.9 Å². The Kier molecular flexibility index (Phi) is 14.6. The molecule has 1 aliphatic heterocycles. The highest BCUT2D eigenvalue weighted by molar-refractivity contribution is 5.89. The molecule has 0 radical (unpaired) electrons. The van der Waals surface area contributed by atoms with E-state index in [1.54, 1.807) is 0 Å². The maximum Gasteiger partial charge on any atom is 0.351 e. The van der Waals surface area contributed by atoms with E-state index in [2.05, 4.69) is 23.8 Å². The third kappa shape index (κ3) is 10.5. The fraction of sp³-hybridized carbons (Fsp3) is 0.750. The second-order valence-electron chi connectivity index (χ2n) is 9.98. The van der Waals surface area contributed by atoms with Gasteiger partial charge in [0.05, 0.1) is 6.61 Å². The molecule has 2 rings (SSSR count). The molecular formula is C28H47N3O5. The number of unbranched alkanes of at least 4 members (excludes halogenated alkanes) is 14. The number of anilines is 1. The van der Waals surface area contributed by atoms with Gasteiger partial charge in [0.2, 0.25) is 5.91 Å². The van der Waals surface area contributed by atoms with Gasteiger partial charge in [-0.15, -0.1) is 0 Å². The van der Waals surface area contributed by atoms with E-state index < -0.39 is 24.1 Å². The van der Waals surface area contributed by atoms with Crippen molar-refractivity contribution in [3.05, 3.63) is 34.9 Å². The van der Waals surface area contributed by atoms with Crippen molar-refractivity contribution >= 4 is 11.7 Å². The number of nitrogens with one attached hydrogen (secondary N) is 1. The van der Waals surface area contributed by atoms with E-state index in [4.69, 9.17) is 4.74 Å². The number of nitrogens with zero attached hydrogens (tertiary/aromatic N) is 2. The van der Waals surface area contributed by atoms with Crippen LogP contribution in [0.3, 0.4) is 0 Å². The van der Waals surface area contributed by atoms with Gasteiger partial charge in [0.25, 0.3) is 0 Å². The fourth-order valence-corrected chi connectivity index (χ4v) is 4.62. The molecule has 0 aliphatic carbocycles. The lowest BCUT2D eigenvalue weighted by molar-refractivity contribution is -0.116. The predicted molar refractivity (Wildman–Crippen MR) is 143 cm³/mol. The van der Waals surface area contributed by atoms with Crippen LogP contribution in [-0.2, 0) is 9.53 Å². The summed E-state index contributed by atoms with van der Waals surface area (Å²) in [7, 11) is 0. The average Bonchev–Trinajstić information content (AvgIpc) is 3.15. The molecule has 1 amide bonds. The topological polar surface area (TPSA) is 114 Å². The number of ether oxygens (including phenoxy) is 1. The lowest BCUT2D eigenvalue weighted by atomic mass is 10.0. The summed E-state index contributed by atoms with van der Waals surface area (Å²) in [6.45, 7) is 5.63. The van der Waals surface area contributed by atoms with Crippen LogP contribution >= 0.6 is 0 Å². The molecule has 36 heavy (non-hydrogen) atoms. The molecule has 8 nitrogen and oxygen atoms in total. The van der Waals surface area contributed by atoms with E-state index in [1.807, 2.05) is 0 Å². The Morgan fingerprint density at radius 1 is 1.00 bits per heavy atom. The minimum atomic E-state index is -1.05. The van der Waals surface area contributed by atoms with Crippen LogP contribution in [0, 0.1) is 0 Å². The first-order valence-electron chi connectivity index (χ1n) is 14.0. The van der Waals surface area contributed by atoms with Gasteiger partial charge in [-0.1, -0.05) is 103 Å². The van der Waals surface area contributed by atoms with E-state index >= 15 is 0 Å². The summed E-state index contributed by atoms with van der Waals surface area (Å²) in [5.41, 5.74) is -0.348. The number of rotatable bonds is 19. The zero-order valence-corrected chi connectivity index (χ0v) is 22.1. The lowest BCUT2D eigenvalue weighted by Crippen LogP contribution is -2.29. The van der Waals surface area contributed by atoms with Crippen LogP contribution < -0.4 is 11.0 Å². The summed E-state index contributed by atoms with van der Waals surface area (Å²) in [6, 6.07) is 1.51. The van der Waals surface area contributed by atoms with Gasteiger partial charge in [-0.3, -0.25) is 9.36 Å². The fourth-order valence-electron chi connectivity index (χ4n) is 4.62. The second-order valence-corrected chi connectivity index (χ2v) is 9.98. The van der Waals surface area contributed by atoms with Crippen molar-refractivity contribution in [1.82, 2.24) is 9.55 Å². The highest BCUT2D eigenvalue weighted by Gasteiger charge is 2.38. The molecule has 1 aliphatic rings. The van der Waals surface area contributed by atoms with Crippen molar-refractivity contribution in [3.63, 3.8) is 0 Å². The van der Waals surface area contributed by atoms with E-state index in [0.29, 0.717) is 6.42 Å². The van der Waals surface area contributed by atoms with Crippen LogP contribution in [0.2, 0.25) is 0 Å². The van der Waals surface area contributed by atoms with Crippen LogP contribution in [0.25, 0.3) is 0 Å². The molecule has 1 aromatic heterocycles. The van der Waals surface area contributed by atoms with Crippen LogP contribution in [0.5, 0.6) is 0 Å². The smallest absolute Gasteiger partial charge is 0.351 e. The van der Waals surface area contributed by atoms with Gasteiger partial charge >= 0.3 is 5.69 Å². The van der Waals surface area contributed by atoms with Crippen LogP contribution in [0.1, 0.15) is 116 Å². The highest BCUT2D eigenvalue weighted by Crippen LogP contribution is 2.31. The summed E-state index contributed by atoms with van der Waals surface area (Å²) >= 11 is 0. The quantitative estimate of drug-likeness (QED) is 0.175. The number of carbonyl (C=O) groups is 1. The normalized spacial score (nSPS) is 19.6. The molecule has 3 N–H and O–H groups in total. The maximum atomic E-state index is 12.4. The Hall–Kier alpha value is -2.03. The van der Waals surface area contributed by atoms with Gasteiger partial charge in [-0.25, -0.2) is 4.79 Å². The Bertz CT molecular complexity index is 841. The van der Waals surface area contributed by atoms with Crippen molar-refractivity contribution in [2.45, 2.75) is 128 Å². The summed E-state index contributed by atoms with van der Waals surface area (Å²) in [4.78, 5) is 28.5. The lowest BCUT2D eigenvalue weighted by Gasteiger charge is -2.15. The number of hydrogen-bond acceptors (Lipinski definition) is 6. The first-order chi connectivity index (χ1) is 17.5. The Morgan fingerprint density at radius 2 is 1.53 bits per heavy atom. The summed E-state index contributed by atoms with van der Waals surface area (Å²) < 4.78 is 6.68. The van der Waals surface area contributed by atoms with E-state index in [0.717, 1.165) is 19.3 Å². The molecule has 1 saturated heterocycles.